The molecule has 0 fully saturated rings. The molecule has 0 aliphatic heterocycles. The number of aliphatic hydroxyl groups excluding tert-OH is 2. The van der Waals surface area contributed by atoms with Crippen molar-refractivity contribution in [2.45, 2.75) is 251 Å². The van der Waals surface area contributed by atoms with Gasteiger partial charge in [0.1, 0.15) is 0 Å². The first-order valence-electron chi connectivity index (χ1n) is 24.4. The number of nitrogens with one attached hydrogen (secondary N) is 1. The molecule has 332 valence electrons. The van der Waals surface area contributed by atoms with E-state index >= 15 is 0 Å². The monoisotopic (exact) mass is 800 g/mol. The highest BCUT2D eigenvalue weighted by molar-refractivity contribution is 5.76. The molecule has 0 aromatic carbocycles. The number of unbranched alkanes of at least 4 members (excludes halogenated alkanes) is 28. The van der Waals surface area contributed by atoms with E-state index in [0.29, 0.717) is 19.4 Å². The minimum Gasteiger partial charge on any atom is -0.466 e. The van der Waals surface area contributed by atoms with Gasteiger partial charge in [-0.15, -0.1) is 0 Å². The Morgan fingerprint density at radius 3 is 1.35 bits per heavy atom. The molecule has 0 saturated heterocycles. The van der Waals surface area contributed by atoms with E-state index in [-0.39, 0.29) is 18.5 Å². The lowest BCUT2D eigenvalue weighted by Crippen LogP contribution is -2.45. The summed E-state index contributed by atoms with van der Waals surface area (Å²) in [6.07, 6.45) is 56.8. The molecule has 6 heteroatoms. The van der Waals surface area contributed by atoms with Crippen molar-refractivity contribution < 1.29 is 24.5 Å². The first kappa shape index (κ1) is 54.8. The molecule has 0 aromatic rings. The lowest BCUT2D eigenvalue weighted by atomic mass is 10.1. The van der Waals surface area contributed by atoms with Crippen molar-refractivity contribution in [3.8, 4) is 0 Å². The number of carbonyl (C=O) groups is 2. The molecule has 0 radical (unpaired) electrons. The van der Waals surface area contributed by atoms with Gasteiger partial charge in [-0.3, -0.25) is 9.59 Å². The molecule has 0 bridgehead atoms. The third-order valence-electron chi connectivity index (χ3n) is 10.8. The second kappa shape index (κ2) is 46.5. The van der Waals surface area contributed by atoms with E-state index in [9.17, 15) is 19.8 Å². The van der Waals surface area contributed by atoms with E-state index < -0.39 is 12.1 Å². The molecule has 57 heavy (non-hydrogen) atoms. The summed E-state index contributed by atoms with van der Waals surface area (Å²) in [5.41, 5.74) is 0. The maximum Gasteiger partial charge on any atom is 0.305 e. The number of hydrogen-bond donors (Lipinski definition) is 3. The summed E-state index contributed by atoms with van der Waals surface area (Å²) in [6, 6.07) is -0.643. The van der Waals surface area contributed by atoms with Crippen LogP contribution in [0.4, 0.5) is 0 Å². The Kier molecular flexibility index (Phi) is 44.7. The molecule has 2 atom stereocenters. The molecule has 0 saturated carbocycles. The number of ether oxygens (including phenoxy) is 1. The zero-order chi connectivity index (χ0) is 41.5. The van der Waals surface area contributed by atoms with E-state index in [2.05, 4.69) is 55.6 Å². The highest BCUT2D eigenvalue weighted by Crippen LogP contribution is 2.13. The molecule has 6 nitrogen and oxygen atoms in total. The fraction of sp³-hybridized carbons (Fsp3) is 0.804. The first-order chi connectivity index (χ1) is 28.0. The Balaban J connectivity index is 3.54. The number of carbonyl (C=O) groups excluding carboxylic acids is 2. The molecule has 0 heterocycles. The van der Waals surface area contributed by atoms with Crippen LogP contribution in [0.25, 0.3) is 0 Å². The number of rotatable bonds is 44. The first-order valence-corrected chi connectivity index (χ1v) is 24.4. The molecule has 3 N–H and O–H groups in total. The van der Waals surface area contributed by atoms with E-state index in [1.165, 1.54) is 135 Å². The minimum absolute atomic E-state index is 0.0317. The van der Waals surface area contributed by atoms with Crippen LogP contribution in [0.3, 0.4) is 0 Å². The highest BCUT2D eigenvalue weighted by atomic mass is 16.5. The number of hydrogen-bond acceptors (Lipinski definition) is 5. The zero-order valence-corrected chi connectivity index (χ0v) is 37.6. The zero-order valence-electron chi connectivity index (χ0n) is 37.6. The van der Waals surface area contributed by atoms with Crippen molar-refractivity contribution in [3.63, 3.8) is 0 Å². The van der Waals surface area contributed by atoms with Gasteiger partial charge in [0, 0.05) is 12.8 Å². The van der Waals surface area contributed by atoms with Crippen LogP contribution in [-0.4, -0.2) is 47.4 Å². The van der Waals surface area contributed by atoms with Gasteiger partial charge < -0.3 is 20.3 Å². The van der Waals surface area contributed by atoms with E-state index in [1.807, 2.05) is 6.08 Å². The Bertz CT molecular complexity index is 973. The summed E-state index contributed by atoms with van der Waals surface area (Å²) in [6.45, 7) is 4.79. The number of aliphatic hydroxyl groups is 2. The maximum atomic E-state index is 12.3. The Morgan fingerprint density at radius 2 is 0.877 bits per heavy atom. The predicted octanol–water partition coefficient (Wildman–Crippen LogP) is 14.3. The molecule has 0 spiro atoms. The van der Waals surface area contributed by atoms with Crippen LogP contribution >= 0.6 is 0 Å². The third-order valence-corrected chi connectivity index (χ3v) is 10.8. The number of esters is 1. The van der Waals surface area contributed by atoms with Gasteiger partial charge in [0.15, 0.2) is 0 Å². The average Bonchev–Trinajstić information content (AvgIpc) is 3.21. The molecular weight excluding hydrogens is 707 g/mol. The summed E-state index contributed by atoms with van der Waals surface area (Å²) < 4.78 is 5.43. The highest BCUT2D eigenvalue weighted by Gasteiger charge is 2.18. The molecule has 1 amide bonds. The minimum atomic E-state index is -0.857. The molecular formula is C51H93NO5. The molecule has 0 aromatic heterocycles. The van der Waals surface area contributed by atoms with Crippen molar-refractivity contribution in [1.82, 2.24) is 5.32 Å². The Labute approximate surface area is 353 Å². The van der Waals surface area contributed by atoms with Crippen molar-refractivity contribution in [1.29, 1.82) is 0 Å². The fourth-order valence-electron chi connectivity index (χ4n) is 7.03. The van der Waals surface area contributed by atoms with Crippen LogP contribution < -0.4 is 5.32 Å². The molecule has 0 rings (SSSR count). The van der Waals surface area contributed by atoms with Gasteiger partial charge in [0.2, 0.25) is 5.91 Å². The second-order valence-corrected chi connectivity index (χ2v) is 16.5. The van der Waals surface area contributed by atoms with Gasteiger partial charge in [-0.1, -0.05) is 184 Å². The number of allylic oxidation sites excluding steroid dienone is 7. The average molecular weight is 800 g/mol. The maximum absolute atomic E-state index is 12.3. The van der Waals surface area contributed by atoms with E-state index in [0.717, 1.165) is 77.0 Å². The topological polar surface area (TPSA) is 95.9 Å². The molecule has 2 unspecified atom stereocenters. The molecule has 0 aliphatic rings. The summed E-state index contributed by atoms with van der Waals surface area (Å²) in [5.74, 6) is -0.127. The van der Waals surface area contributed by atoms with Crippen molar-refractivity contribution >= 4 is 11.9 Å². The fourth-order valence-corrected chi connectivity index (χ4v) is 7.03. The normalized spacial score (nSPS) is 13.1. The van der Waals surface area contributed by atoms with Gasteiger partial charge in [-0.25, -0.2) is 0 Å². The quantitative estimate of drug-likeness (QED) is 0.0247. The summed E-state index contributed by atoms with van der Waals surface area (Å²) in [4.78, 5) is 24.4. The standard InChI is InChI=1S/C51H93NO5/c1-3-5-7-9-11-13-14-15-16-19-22-25-29-33-37-41-45-51(56)57-46-42-38-34-30-26-23-20-17-18-21-24-28-32-36-40-44-50(55)52-48(47-53)49(54)43-39-35-31-27-12-10-8-6-4-2/h16-17,19-20,23,26,39,43,48-49,53-54H,3-15,18,21-22,24-25,27-38,40-42,44-47H2,1-2H3,(H,52,55)/b19-16-,20-17-,26-23-,43-39+. The smallest absolute Gasteiger partial charge is 0.305 e. The van der Waals surface area contributed by atoms with E-state index in [1.54, 1.807) is 6.08 Å². The van der Waals surface area contributed by atoms with Crippen molar-refractivity contribution in [2.75, 3.05) is 13.2 Å². The summed E-state index contributed by atoms with van der Waals surface area (Å²) in [5, 5.41) is 22.8. The lowest BCUT2D eigenvalue weighted by molar-refractivity contribution is -0.143. The van der Waals surface area contributed by atoms with Gasteiger partial charge >= 0.3 is 5.97 Å². The summed E-state index contributed by atoms with van der Waals surface area (Å²) in [7, 11) is 0. The van der Waals surface area contributed by atoms with Crippen LogP contribution in [0.5, 0.6) is 0 Å². The van der Waals surface area contributed by atoms with Gasteiger partial charge in [-0.2, -0.15) is 0 Å². The Hall–Kier alpha value is -2.18. The predicted molar refractivity (Wildman–Crippen MR) is 245 cm³/mol. The van der Waals surface area contributed by atoms with Crippen LogP contribution in [0.1, 0.15) is 239 Å². The lowest BCUT2D eigenvalue weighted by Gasteiger charge is -2.20. The van der Waals surface area contributed by atoms with Crippen molar-refractivity contribution in [2.24, 2.45) is 0 Å². The molecule has 0 aliphatic carbocycles. The van der Waals surface area contributed by atoms with Gasteiger partial charge in [0.25, 0.3) is 0 Å². The largest absolute Gasteiger partial charge is 0.466 e. The van der Waals surface area contributed by atoms with E-state index in [4.69, 9.17) is 4.74 Å². The SMILES string of the molecule is CCCCCCCCC/C=C\CCCCCCCC(=O)OCCCCC/C=C\C=C/CCCCCCCCC(=O)NC(CO)C(O)/C=C/CCCCCCCCC. The van der Waals surface area contributed by atoms with Gasteiger partial charge in [-0.05, 0) is 89.9 Å². The second-order valence-electron chi connectivity index (χ2n) is 16.5. The van der Waals surface area contributed by atoms with Crippen LogP contribution in [0, 0.1) is 0 Å². The Morgan fingerprint density at radius 1 is 0.491 bits per heavy atom. The number of amides is 1. The van der Waals surface area contributed by atoms with Crippen molar-refractivity contribution in [3.05, 3.63) is 48.6 Å². The third kappa shape index (κ3) is 43.2. The van der Waals surface area contributed by atoms with Crippen LogP contribution in [0.2, 0.25) is 0 Å². The van der Waals surface area contributed by atoms with Crippen LogP contribution in [0.15, 0.2) is 48.6 Å². The summed E-state index contributed by atoms with van der Waals surface area (Å²) >= 11 is 0. The van der Waals surface area contributed by atoms with Gasteiger partial charge in [0.05, 0.1) is 25.4 Å². The van der Waals surface area contributed by atoms with Crippen LogP contribution in [-0.2, 0) is 14.3 Å².